The molecule has 0 bridgehead atoms. The molecule has 2 radical (unpaired) electrons. The SMILES string of the molecule is O=[N+]([O-])[Sb].[F-].[F-].[F-].[F-].[F-].[F-]. The van der Waals surface area contributed by atoms with Crippen LogP contribution < -0.4 is 28.2 Å². The molecule has 0 atom stereocenters. The molecule has 0 unspecified atom stereocenters. The Labute approximate surface area is 65.4 Å². The van der Waals surface area contributed by atoms with Gasteiger partial charge in [0.15, 0.2) is 0 Å². The van der Waals surface area contributed by atoms with Crippen LogP contribution in [0.5, 0.6) is 0 Å². The number of halogens is 6. The third-order valence-corrected chi connectivity index (χ3v) is 0. The smallest absolute Gasteiger partial charge is 1.00 e. The molecule has 0 N–H and O–H groups in total. The summed E-state index contributed by atoms with van der Waals surface area (Å²) >= 11 is 0.594. The Kier molecular flexibility index (Phi) is 662. The van der Waals surface area contributed by atoms with Crippen molar-refractivity contribution in [3.63, 3.8) is 0 Å². The first-order valence-electron chi connectivity index (χ1n) is 0.565. The summed E-state index contributed by atoms with van der Waals surface area (Å²) in [5, 5.41) is 8.83. The molecule has 0 aliphatic rings. The molecule has 3 nitrogen and oxygen atoms in total. The van der Waals surface area contributed by atoms with E-state index in [2.05, 4.69) is 0 Å². The molecule has 0 saturated carbocycles. The standard InChI is InChI=1S/6FH.NO2.Sb/c;;;;;;2-1-3;/h6*1H;;/p-6. The summed E-state index contributed by atoms with van der Waals surface area (Å²) in [6.07, 6.45) is 0. The molecule has 70 valence electrons. The molecule has 0 aliphatic heterocycles. The third kappa shape index (κ3) is 8850. The van der Waals surface area contributed by atoms with E-state index in [1.54, 1.807) is 0 Å². The van der Waals surface area contributed by atoms with Crippen LogP contribution in [0.2, 0.25) is 0 Å². The van der Waals surface area contributed by atoms with Crippen molar-refractivity contribution in [1.82, 2.24) is 0 Å². The zero-order valence-electron chi connectivity index (χ0n) is 3.98. The molecule has 0 heterocycles. The van der Waals surface area contributed by atoms with Crippen LogP contribution in [-0.4, -0.2) is 26.4 Å². The Bertz CT molecular complexity index is 38.7. The minimum Gasteiger partial charge on any atom is -1.00 e. The Hall–Kier alpha value is -0.202. The predicted molar refractivity (Wildman–Crippen MR) is 12.7 cm³/mol. The average molecular weight is 282 g/mol. The van der Waals surface area contributed by atoms with Gasteiger partial charge < -0.3 is 28.2 Å². The summed E-state index contributed by atoms with van der Waals surface area (Å²) in [6, 6.07) is 0. The van der Waals surface area contributed by atoms with E-state index in [1.807, 2.05) is 0 Å². The summed E-state index contributed by atoms with van der Waals surface area (Å²) in [7, 11) is 0. The van der Waals surface area contributed by atoms with Gasteiger partial charge in [-0.05, 0) is 0 Å². The van der Waals surface area contributed by atoms with E-state index in [0.29, 0.717) is 23.3 Å². The van der Waals surface area contributed by atoms with Gasteiger partial charge in [-0.15, -0.1) is 0 Å². The zero-order chi connectivity index (χ0) is 3.58. The van der Waals surface area contributed by atoms with Gasteiger partial charge in [-0.2, -0.15) is 0 Å². The first-order chi connectivity index (χ1) is 1.73. The number of nitrogens with zero attached hydrogens (tertiary/aromatic N) is 1. The van der Waals surface area contributed by atoms with Crippen LogP contribution in [0.15, 0.2) is 0 Å². The van der Waals surface area contributed by atoms with Crippen molar-refractivity contribution in [2.24, 2.45) is 0 Å². The van der Waals surface area contributed by atoms with Gasteiger partial charge in [0.1, 0.15) is 0 Å². The van der Waals surface area contributed by atoms with Crippen molar-refractivity contribution >= 4 is 23.3 Å². The van der Waals surface area contributed by atoms with Crippen LogP contribution in [-0.2, 0) is 0 Å². The van der Waals surface area contributed by atoms with Crippen molar-refractivity contribution in [2.45, 2.75) is 0 Å². The fraction of sp³-hybridized carbons (Fsp3) is 0. The van der Waals surface area contributed by atoms with Gasteiger partial charge in [-0.25, -0.2) is 0 Å². The second-order valence-electron chi connectivity index (χ2n) is 0.238. The van der Waals surface area contributed by atoms with E-state index in [1.165, 1.54) is 0 Å². The van der Waals surface area contributed by atoms with E-state index in [0.717, 1.165) is 0 Å². The minimum absolute atomic E-state index is 0. The summed E-state index contributed by atoms with van der Waals surface area (Å²) < 4.78 is -0.450. The summed E-state index contributed by atoms with van der Waals surface area (Å²) in [5.41, 5.74) is 0. The van der Waals surface area contributed by atoms with Crippen molar-refractivity contribution in [1.29, 1.82) is 0 Å². The van der Waals surface area contributed by atoms with Crippen LogP contribution in [0.25, 0.3) is 0 Å². The Balaban J connectivity index is -0.00000000300. The Morgan fingerprint density at radius 1 is 0.900 bits per heavy atom. The fourth-order valence-electron chi connectivity index (χ4n) is 0. The largest absolute Gasteiger partial charge is 1.00 e. The molecular weight excluding hydrogens is 282 g/mol. The number of hydrogen-bond acceptors (Lipinski definition) is 2. The second kappa shape index (κ2) is 68.3. The van der Waals surface area contributed by atoms with Gasteiger partial charge in [0.05, 0.1) is 0 Å². The van der Waals surface area contributed by atoms with Crippen LogP contribution in [0, 0.1) is 10.1 Å². The fourth-order valence-corrected chi connectivity index (χ4v) is 0. The molecule has 0 saturated heterocycles. The normalized spacial score (nSPS) is 2.50. The Morgan fingerprint density at radius 2 is 0.900 bits per heavy atom. The van der Waals surface area contributed by atoms with Crippen molar-refractivity contribution < 1.29 is 31.3 Å². The van der Waals surface area contributed by atoms with Crippen molar-refractivity contribution in [3.8, 4) is 0 Å². The number of nitro groups is 1. The molecule has 0 aromatic rings. The van der Waals surface area contributed by atoms with E-state index in [4.69, 9.17) is 10.1 Å². The van der Waals surface area contributed by atoms with Crippen molar-refractivity contribution in [3.05, 3.63) is 10.1 Å². The van der Waals surface area contributed by atoms with Crippen LogP contribution in [0.1, 0.15) is 0 Å². The molecule has 0 aromatic carbocycles. The van der Waals surface area contributed by atoms with Gasteiger partial charge >= 0.3 is 36.5 Å². The third-order valence-electron chi connectivity index (χ3n) is 0. The van der Waals surface area contributed by atoms with Crippen molar-refractivity contribution in [2.75, 3.05) is 0 Å². The maximum Gasteiger partial charge on any atom is -1.00 e. The second-order valence-corrected chi connectivity index (χ2v) is 1.17. The summed E-state index contributed by atoms with van der Waals surface area (Å²) in [4.78, 5) is 8.83. The summed E-state index contributed by atoms with van der Waals surface area (Å²) in [5.74, 6) is 0. The van der Waals surface area contributed by atoms with E-state index >= 15 is 0 Å². The van der Waals surface area contributed by atoms with Gasteiger partial charge in [-0.1, -0.05) is 0 Å². The van der Waals surface area contributed by atoms with Crippen LogP contribution in [0.4, 0.5) is 0 Å². The van der Waals surface area contributed by atoms with E-state index < -0.39 is 3.08 Å². The quantitative estimate of drug-likeness (QED) is 0.192. The maximum atomic E-state index is 8.83. The number of rotatable bonds is 0. The van der Waals surface area contributed by atoms with E-state index in [9.17, 15) is 0 Å². The van der Waals surface area contributed by atoms with Gasteiger partial charge in [0, 0.05) is 0 Å². The zero-order valence-corrected chi connectivity index (χ0v) is 6.53. The predicted octanol–water partition coefficient (Wildman–Crippen LogP) is -18.6. The monoisotopic (exact) mass is 281 g/mol. The Morgan fingerprint density at radius 3 is 0.900 bits per heavy atom. The topological polar surface area (TPSA) is 43.1 Å². The first kappa shape index (κ1) is 96.9. The minimum atomic E-state index is -0.450. The van der Waals surface area contributed by atoms with Crippen LogP contribution in [0.3, 0.4) is 0 Å². The molecule has 10 heteroatoms. The average Bonchev–Trinajstić information content (AvgIpc) is 0.811. The van der Waals surface area contributed by atoms with Gasteiger partial charge in [-0.3, -0.25) is 0 Å². The van der Waals surface area contributed by atoms with Gasteiger partial charge in [0.2, 0.25) is 0 Å². The van der Waals surface area contributed by atoms with Gasteiger partial charge in [0.25, 0.3) is 0 Å². The molecule has 0 amide bonds. The molecule has 0 aromatic heterocycles. The molecule has 10 heavy (non-hydrogen) atoms. The molecule has 0 rings (SSSR count). The molecule has 0 aliphatic carbocycles. The molecular formula is F6NO2Sb-6. The van der Waals surface area contributed by atoms with Crippen LogP contribution >= 0.6 is 0 Å². The molecule has 0 fully saturated rings. The van der Waals surface area contributed by atoms with E-state index in [-0.39, 0.29) is 28.2 Å². The summed E-state index contributed by atoms with van der Waals surface area (Å²) in [6.45, 7) is 0. The molecule has 0 spiro atoms. The number of hydrogen-bond donors (Lipinski definition) is 0. The maximum absolute atomic E-state index is 8.83. The first-order valence-corrected chi connectivity index (χ1v) is 1.71.